The Balaban J connectivity index is 2.53. The third-order valence-corrected chi connectivity index (χ3v) is 2.15. The Bertz CT molecular complexity index is 401. The minimum atomic E-state index is -0.485. The highest BCUT2D eigenvalue weighted by Crippen LogP contribution is 2.17. The third-order valence-electron chi connectivity index (χ3n) is 2.15. The van der Waals surface area contributed by atoms with Gasteiger partial charge < -0.3 is 9.47 Å². The molecule has 0 bridgehead atoms. The second-order valence-electron chi connectivity index (χ2n) is 3.49. The topological polar surface area (TPSA) is 78.7 Å². The summed E-state index contributed by atoms with van der Waals surface area (Å²) in [4.78, 5) is 21.0. The molecule has 17 heavy (non-hydrogen) atoms. The van der Waals surface area contributed by atoms with E-state index in [-0.39, 0.29) is 24.2 Å². The van der Waals surface area contributed by atoms with Gasteiger partial charge in [-0.05, 0) is 19.1 Å². The van der Waals surface area contributed by atoms with Crippen molar-refractivity contribution in [1.29, 1.82) is 0 Å². The van der Waals surface area contributed by atoms with E-state index in [0.717, 1.165) is 0 Å². The van der Waals surface area contributed by atoms with Crippen LogP contribution in [0.4, 0.5) is 5.69 Å². The van der Waals surface area contributed by atoms with Crippen molar-refractivity contribution >= 4 is 11.7 Å². The maximum Gasteiger partial charge on any atom is 0.311 e. The fourth-order valence-electron chi connectivity index (χ4n) is 1.15. The fraction of sp³-hybridized carbons (Fsp3) is 0.364. The van der Waals surface area contributed by atoms with E-state index >= 15 is 0 Å². The van der Waals surface area contributed by atoms with Crippen LogP contribution < -0.4 is 4.74 Å². The molecule has 0 saturated carbocycles. The minimum Gasteiger partial charge on any atom is -0.493 e. The Hall–Kier alpha value is -2.11. The molecule has 0 radical (unpaired) electrons. The van der Waals surface area contributed by atoms with E-state index in [9.17, 15) is 14.9 Å². The monoisotopic (exact) mass is 239 g/mol. The average molecular weight is 239 g/mol. The summed E-state index contributed by atoms with van der Waals surface area (Å²) in [6.45, 7) is 1.85. The highest BCUT2D eigenvalue weighted by Gasteiger charge is 2.14. The molecule has 0 aliphatic rings. The van der Waals surface area contributed by atoms with E-state index in [1.807, 2.05) is 0 Å². The number of nitrogens with zero attached hydrogens (tertiary/aromatic N) is 1. The van der Waals surface area contributed by atoms with Gasteiger partial charge in [0, 0.05) is 12.1 Å². The summed E-state index contributed by atoms with van der Waals surface area (Å²) in [5, 5.41) is 10.4. The molecule has 0 N–H and O–H groups in total. The number of non-ortho nitro benzene ring substituents is 1. The first-order valence-corrected chi connectivity index (χ1v) is 4.99. The molecule has 6 heteroatoms. The normalized spacial score (nSPS) is 11.6. The lowest BCUT2D eigenvalue weighted by Gasteiger charge is -2.10. The lowest BCUT2D eigenvalue weighted by atomic mass is 10.2. The van der Waals surface area contributed by atoms with Crippen LogP contribution in [0.15, 0.2) is 24.3 Å². The molecule has 1 unspecified atom stereocenters. The van der Waals surface area contributed by atoms with E-state index in [0.29, 0.717) is 5.75 Å². The predicted molar refractivity (Wildman–Crippen MR) is 59.8 cm³/mol. The van der Waals surface area contributed by atoms with Crippen molar-refractivity contribution in [2.24, 2.45) is 5.92 Å². The minimum absolute atomic E-state index is 0.00151. The Kier molecular flexibility index (Phi) is 4.45. The third kappa shape index (κ3) is 3.75. The summed E-state index contributed by atoms with van der Waals surface area (Å²) in [6.07, 6.45) is 0. The van der Waals surface area contributed by atoms with Crippen LogP contribution in [0.1, 0.15) is 6.92 Å². The molecule has 1 aromatic carbocycles. The van der Waals surface area contributed by atoms with Gasteiger partial charge in [-0.2, -0.15) is 0 Å². The van der Waals surface area contributed by atoms with Gasteiger partial charge >= 0.3 is 5.97 Å². The van der Waals surface area contributed by atoms with Crippen molar-refractivity contribution in [2.45, 2.75) is 6.92 Å². The summed E-state index contributed by atoms with van der Waals surface area (Å²) in [5.74, 6) is -0.256. The van der Waals surface area contributed by atoms with E-state index < -0.39 is 4.92 Å². The van der Waals surface area contributed by atoms with Gasteiger partial charge in [0.2, 0.25) is 0 Å². The molecule has 1 aromatic rings. The van der Waals surface area contributed by atoms with Crippen molar-refractivity contribution in [3.05, 3.63) is 34.4 Å². The lowest BCUT2D eigenvalue weighted by Crippen LogP contribution is -2.19. The van der Waals surface area contributed by atoms with Crippen LogP contribution in [0.2, 0.25) is 0 Å². The van der Waals surface area contributed by atoms with Crippen LogP contribution in [-0.2, 0) is 9.53 Å². The first-order chi connectivity index (χ1) is 8.04. The zero-order valence-electron chi connectivity index (χ0n) is 9.58. The molecule has 0 amide bonds. The van der Waals surface area contributed by atoms with Gasteiger partial charge in [0.05, 0.1) is 18.0 Å². The van der Waals surface area contributed by atoms with Gasteiger partial charge in [0.25, 0.3) is 5.69 Å². The van der Waals surface area contributed by atoms with Crippen LogP contribution in [-0.4, -0.2) is 24.6 Å². The number of methoxy groups -OCH3 is 1. The van der Waals surface area contributed by atoms with E-state index in [2.05, 4.69) is 4.74 Å². The number of nitro benzene ring substituents is 1. The number of carbonyl (C=O) groups excluding carboxylic acids is 1. The summed E-state index contributed by atoms with van der Waals surface area (Å²) >= 11 is 0. The number of carbonyl (C=O) groups is 1. The van der Waals surface area contributed by atoms with Crippen molar-refractivity contribution in [2.75, 3.05) is 13.7 Å². The molecule has 0 spiro atoms. The molecule has 0 fully saturated rings. The van der Waals surface area contributed by atoms with Gasteiger partial charge in [-0.15, -0.1) is 0 Å². The largest absolute Gasteiger partial charge is 0.493 e. The first kappa shape index (κ1) is 13.0. The lowest BCUT2D eigenvalue weighted by molar-refractivity contribution is -0.384. The van der Waals surface area contributed by atoms with Gasteiger partial charge in [0.15, 0.2) is 0 Å². The van der Waals surface area contributed by atoms with E-state index in [4.69, 9.17) is 4.74 Å². The highest BCUT2D eigenvalue weighted by atomic mass is 16.6. The maximum absolute atomic E-state index is 11.1. The quantitative estimate of drug-likeness (QED) is 0.444. The Morgan fingerprint density at radius 2 is 2.00 bits per heavy atom. The van der Waals surface area contributed by atoms with Crippen molar-refractivity contribution in [3.63, 3.8) is 0 Å². The average Bonchev–Trinajstić information content (AvgIpc) is 2.35. The fourth-order valence-corrected chi connectivity index (χ4v) is 1.15. The molecule has 0 aliphatic heterocycles. The predicted octanol–water partition coefficient (Wildman–Crippen LogP) is 1.78. The van der Waals surface area contributed by atoms with Crippen LogP contribution in [0.5, 0.6) is 5.75 Å². The summed E-state index contributed by atoms with van der Waals surface area (Å²) in [6, 6.07) is 5.67. The van der Waals surface area contributed by atoms with Crippen LogP contribution >= 0.6 is 0 Å². The molecular formula is C11H13NO5. The number of benzene rings is 1. The van der Waals surface area contributed by atoms with Gasteiger partial charge in [-0.3, -0.25) is 14.9 Å². The molecule has 0 aliphatic carbocycles. The number of hydrogen-bond acceptors (Lipinski definition) is 5. The summed E-state index contributed by atoms with van der Waals surface area (Å²) in [7, 11) is 1.31. The molecule has 1 rings (SSSR count). The number of ether oxygens (including phenoxy) is 2. The number of nitro groups is 1. The molecule has 0 saturated heterocycles. The zero-order chi connectivity index (χ0) is 12.8. The van der Waals surface area contributed by atoms with Crippen LogP contribution in [0, 0.1) is 16.0 Å². The molecule has 6 nitrogen and oxygen atoms in total. The van der Waals surface area contributed by atoms with Gasteiger partial charge in [0.1, 0.15) is 12.4 Å². The summed E-state index contributed by atoms with van der Waals surface area (Å²) < 4.78 is 9.84. The van der Waals surface area contributed by atoms with Crippen molar-refractivity contribution in [3.8, 4) is 5.75 Å². The zero-order valence-corrected chi connectivity index (χ0v) is 9.58. The van der Waals surface area contributed by atoms with E-state index in [1.165, 1.54) is 31.4 Å². The van der Waals surface area contributed by atoms with Gasteiger partial charge in [-0.1, -0.05) is 0 Å². The van der Waals surface area contributed by atoms with Crippen molar-refractivity contribution in [1.82, 2.24) is 0 Å². The molecular weight excluding hydrogens is 226 g/mol. The molecule has 0 heterocycles. The number of esters is 1. The SMILES string of the molecule is COC(=O)C(C)COc1ccc([N+](=O)[O-])cc1. The second kappa shape index (κ2) is 5.83. The molecule has 1 atom stereocenters. The Labute approximate surface area is 98.3 Å². The van der Waals surface area contributed by atoms with Gasteiger partial charge in [-0.25, -0.2) is 0 Å². The standard InChI is InChI=1S/C11H13NO5/c1-8(11(13)16-2)7-17-10-5-3-9(4-6-10)12(14)15/h3-6,8H,7H2,1-2H3. The highest BCUT2D eigenvalue weighted by molar-refractivity contribution is 5.71. The van der Waals surface area contributed by atoms with Crippen LogP contribution in [0.25, 0.3) is 0 Å². The number of hydrogen-bond donors (Lipinski definition) is 0. The summed E-state index contributed by atoms with van der Waals surface area (Å²) in [5.41, 5.74) is -0.00151. The van der Waals surface area contributed by atoms with Crippen LogP contribution in [0.3, 0.4) is 0 Å². The molecule has 0 aromatic heterocycles. The maximum atomic E-state index is 11.1. The second-order valence-corrected chi connectivity index (χ2v) is 3.49. The smallest absolute Gasteiger partial charge is 0.311 e. The van der Waals surface area contributed by atoms with E-state index in [1.54, 1.807) is 6.92 Å². The number of rotatable bonds is 5. The first-order valence-electron chi connectivity index (χ1n) is 4.99. The Morgan fingerprint density at radius 3 is 2.47 bits per heavy atom. The van der Waals surface area contributed by atoms with Crippen molar-refractivity contribution < 1.29 is 19.2 Å². The molecule has 92 valence electrons. The Morgan fingerprint density at radius 1 is 1.41 bits per heavy atom.